The zero-order valence-corrected chi connectivity index (χ0v) is 16.2. The van der Waals surface area contributed by atoms with Crippen molar-refractivity contribution in [2.45, 2.75) is 44.2 Å². The summed E-state index contributed by atoms with van der Waals surface area (Å²) >= 11 is 0. The molecule has 0 radical (unpaired) electrons. The Labute approximate surface area is 170 Å². The number of ether oxygens (including phenoxy) is 2. The van der Waals surface area contributed by atoms with Gasteiger partial charge in [-0.3, -0.25) is 4.79 Å². The Bertz CT molecular complexity index is 848. The number of hydrogen-bond donors (Lipinski definition) is 2. The fourth-order valence-corrected chi connectivity index (χ4v) is 4.38. The third-order valence-electron chi connectivity index (χ3n) is 5.79. The van der Waals surface area contributed by atoms with Crippen LogP contribution in [0.5, 0.6) is 0 Å². The van der Waals surface area contributed by atoms with Gasteiger partial charge in [0.2, 0.25) is 0 Å². The van der Waals surface area contributed by atoms with E-state index in [-0.39, 0.29) is 24.5 Å². The van der Waals surface area contributed by atoms with Gasteiger partial charge >= 0.3 is 5.97 Å². The van der Waals surface area contributed by atoms with Crippen molar-refractivity contribution < 1.29 is 24.5 Å². The summed E-state index contributed by atoms with van der Waals surface area (Å²) in [7, 11) is 0. The first-order valence-electron chi connectivity index (χ1n) is 10.1. The molecule has 1 fully saturated rings. The molecule has 5 nitrogen and oxygen atoms in total. The van der Waals surface area contributed by atoms with Gasteiger partial charge in [-0.15, -0.1) is 0 Å². The predicted molar refractivity (Wildman–Crippen MR) is 108 cm³/mol. The second-order valence-electron chi connectivity index (χ2n) is 7.84. The topological polar surface area (TPSA) is 76.0 Å². The molecule has 0 amide bonds. The molecule has 1 aliphatic carbocycles. The first-order valence-corrected chi connectivity index (χ1v) is 10.1. The largest absolute Gasteiger partial charge is 0.490 e. The Balaban J connectivity index is 1.46. The molecular formula is C24H26O5. The molecule has 1 heterocycles. The van der Waals surface area contributed by atoms with Crippen LogP contribution in [0.15, 0.2) is 72.5 Å². The number of carboxylic acid groups (broad SMARTS) is 1. The predicted octanol–water partition coefficient (Wildman–Crippen LogP) is 3.57. The lowest BCUT2D eigenvalue weighted by Crippen LogP contribution is -2.35. The smallest absolute Gasteiger partial charge is 0.303 e. The van der Waals surface area contributed by atoms with Crippen molar-refractivity contribution in [1.82, 2.24) is 0 Å². The zero-order chi connectivity index (χ0) is 20.2. The highest BCUT2D eigenvalue weighted by atomic mass is 16.5. The summed E-state index contributed by atoms with van der Waals surface area (Å²) < 4.78 is 12.2. The maximum absolute atomic E-state index is 11.4. The van der Waals surface area contributed by atoms with Crippen LogP contribution in [0.25, 0.3) is 0 Å². The lowest BCUT2D eigenvalue weighted by atomic mass is 9.86. The van der Waals surface area contributed by atoms with Crippen molar-refractivity contribution in [3.05, 3.63) is 83.6 Å². The molecule has 2 aromatic carbocycles. The Morgan fingerprint density at radius 1 is 1.03 bits per heavy atom. The van der Waals surface area contributed by atoms with E-state index in [9.17, 15) is 15.0 Å². The molecule has 29 heavy (non-hydrogen) atoms. The highest BCUT2D eigenvalue weighted by Gasteiger charge is 2.48. The van der Waals surface area contributed by atoms with Gasteiger partial charge in [-0.2, -0.15) is 0 Å². The molecule has 2 N–H and O–H groups in total. The fraction of sp³-hybridized carbons (Fsp3) is 0.375. The number of carbonyl (C=O) groups is 1. The average molecular weight is 394 g/mol. The van der Waals surface area contributed by atoms with Crippen molar-refractivity contribution in [1.29, 1.82) is 0 Å². The molecule has 1 saturated carbocycles. The Hall–Kier alpha value is -2.63. The van der Waals surface area contributed by atoms with Crippen LogP contribution in [0.4, 0.5) is 0 Å². The SMILES string of the molecule is O=C(O)CC1[C@H](O)C[C@@H](OCc2ccccc2)[C@H]1C1=CC(Cc2ccccc2)O1. The molecule has 152 valence electrons. The van der Waals surface area contributed by atoms with Crippen molar-refractivity contribution >= 4 is 5.97 Å². The quantitative estimate of drug-likeness (QED) is 0.716. The number of carboxylic acids is 1. The summed E-state index contributed by atoms with van der Waals surface area (Å²) in [4.78, 5) is 11.4. The highest BCUT2D eigenvalue weighted by molar-refractivity contribution is 5.67. The van der Waals surface area contributed by atoms with E-state index in [2.05, 4.69) is 18.2 Å². The molecule has 2 aliphatic rings. The van der Waals surface area contributed by atoms with Crippen LogP contribution in [0.3, 0.4) is 0 Å². The lowest BCUT2D eigenvalue weighted by Gasteiger charge is -2.35. The molecule has 5 atom stereocenters. The molecule has 0 spiro atoms. The van der Waals surface area contributed by atoms with E-state index in [1.54, 1.807) is 0 Å². The summed E-state index contributed by atoms with van der Waals surface area (Å²) in [6.45, 7) is 0.426. The monoisotopic (exact) mass is 394 g/mol. The molecular weight excluding hydrogens is 368 g/mol. The molecule has 0 bridgehead atoms. The number of benzene rings is 2. The molecule has 5 heteroatoms. The van der Waals surface area contributed by atoms with Gasteiger partial charge in [-0.05, 0) is 17.2 Å². The van der Waals surface area contributed by atoms with Crippen molar-refractivity contribution in [2.75, 3.05) is 0 Å². The van der Waals surface area contributed by atoms with Gasteiger partial charge in [0.15, 0.2) is 0 Å². The maximum atomic E-state index is 11.4. The van der Waals surface area contributed by atoms with Gasteiger partial charge in [-0.1, -0.05) is 60.7 Å². The van der Waals surface area contributed by atoms with Crippen molar-refractivity contribution in [3.63, 3.8) is 0 Å². The zero-order valence-electron chi connectivity index (χ0n) is 16.2. The lowest BCUT2D eigenvalue weighted by molar-refractivity contribution is -0.139. The van der Waals surface area contributed by atoms with E-state index in [1.165, 1.54) is 5.56 Å². The van der Waals surface area contributed by atoms with Crippen molar-refractivity contribution in [2.24, 2.45) is 11.8 Å². The van der Waals surface area contributed by atoms with E-state index in [0.717, 1.165) is 17.7 Å². The van der Waals surface area contributed by atoms with Gasteiger partial charge in [0.1, 0.15) is 11.9 Å². The van der Waals surface area contributed by atoms with Gasteiger partial charge in [0.05, 0.1) is 25.2 Å². The standard InChI is InChI=1S/C24H26O5/c25-20-14-21(28-15-17-9-5-2-6-10-17)24(19(20)13-23(26)27)22-12-18(29-22)11-16-7-3-1-4-8-16/h1-10,12,18-21,24-25H,11,13-15H2,(H,26,27)/t18?,19?,20-,21-,24+/m1/s1. The van der Waals surface area contributed by atoms with Gasteiger partial charge in [0.25, 0.3) is 0 Å². The average Bonchev–Trinajstić information content (AvgIpc) is 2.99. The highest BCUT2D eigenvalue weighted by Crippen LogP contribution is 2.45. The van der Waals surface area contributed by atoms with Crippen LogP contribution in [-0.4, -0.2) is 34.5 Å². The maximum Gasteiger partial charge on any atom is 0.303 e. The van der Waals surface area contributed by atoms with Crippen LogP contribution in [0, 0.1) is 11.8 Å². The molecule has 0 aromatic heterocycles. The van der Waals surface area contributed by atoms with Crippen LogP contribution >= 0.6 is 0 Å². The van der Waals surface area contributed by atoms with Crippen LogP contribution in [-0.2, 0) is 27.3 Å². The Morgan fingerprint density at radius 3 is 2.28 bits per heavy atom. The summed E-state index contributed by atoms with van der Waals surface area (Å²) in [6, 6.07) is 20.0. The van der Waals surface area contributed by atoms with Crippen LogP contribution in [0.2, 0.25) is 0 Å². The van der Waals surface area contributed by atoms with Crippen molar-refractivity contribution in [3.8, 4) is 0 Å². The number of hydrogen-bond acceptors (Lipinski definition) is 4. The summed E-state index contributed by atoms with van der Waals surface area (Å²) in [5, 5.41) is 19.8. The molecule has 2 unspecified atom stereocenters. The van der Waals surface area contributed by atoms with E-state index in [1.807, 2.05) is 48.5 Å². The van der Waals surface area contributed by atoms with Gasteiger partial charge < -0.3 is 19.7 Å². The van der Waals surface area contributed by atoms with E-state index >= 15 is 0 Å². The Kier molecular flexibility index (Phi) is 5.97. The number of aliphatic hydroxyl groups is 1. The number of aliphatic carboxylic acids is 1. The summed E-state index contributed by atoms with van der Waals surface area (Å²) in [6.07, 6.45) is 2.15. The second kappa shape index (κ2) is 8.80. The minimum Gasteiger partial charge on any atom is -0.490 e. The first kappa shape index (κ1) is 19.7. The van der Waals surface area contributed by atoms with E-state index in [4.69, 9.17) is 9.47 Å². The van der Waals surface area contributed by atoms with E-state index in [0.29, 0.717) is 13.0 Å². The second-order valence-corrected chi connectivity index (χ2v) is 7.84. The third-order valence-corrected chi connectivity index (χ3v) is 5.79. The third kappa shape index (κ3) is 4.69. The molecule has 2 aromatic rings. The molecule has 1 aliphatic heterocycles. The van der Waals surface area contributed by atoms with Crippen LogP contribution < -0.4 is 0 Å². The van der Waals surface area contributed by atoms with Gasteiger partial charge in [0, 0.05) is 24.7 Å². The molecule has 4 rings (SSSR count). The van der Waals surface area contributed by atoms with Gasteiger partial charge in [-0.25, -0.2) is 0 Å². The number of aliphatic hydroxyl groups excluding tert-OH is 1. The number of rotatable bonds is 8. The summed E-state index contributed by atoms with van der Waals surface area (Å²) in [5.41, 5.74) is 2.24. The fourth-order valence-electron chi connectivity index (χ4n) is 4.38. The van der Waals surface area contributed by atoms with Crippen LogP contribution in [0.1, 0.15) is 24.0 Å². The normalized spacial score (nSPS) is 28.3. The minimum atomic E-state index is -0.913. The molecule has 0 saturated heterocycles. The first-order chi connectivity index (χ1) is 14.1. The summed E-state index contributed by atoms with van der Waals surface area (Å²) in [5.74, 6) is -0.802. The Morgan fingerprint density at radius 2 is 1.66 bits per heavy atom. The van der Waals surface area contributed by atoms with E-state index < -0.39 is 18.0 Å². The minimum absolute atomic E-state index is 0.0228.